The van der Waals surface area contributed by atoms with Crippen molar-refractivity contribution in [3.63, 3.8) is 0 Å². The predicted octanol–water partition coefficient (Wildman–Crippen LogP) is 2.50. The van der Waals surface area contributed by atoms with Crippen LogP contribution in [0.2, 0.25) is 0 Å². The third-order valence-electron chi connectivity index (χ3n) is 3.26. The van der Waals surface area contributed by atoms with E-state index in [1.165, 1.54) is 7.11 Å². The van der Waals surface area contributed by atoms with Crippen molar-refractivity contribution in [3.05, 3.63) is 34.9 Å². The zero-order valence-electron chi connectivity index (χ0n) is 11.2. The predicted molar refractivity (Wildman–Crippen MR) is 68.6 cm³/mol. The van der Waals surface area contributed by atoms with Gasteiger partial charge in [0.05, 0.1) is 12.5 Å². The van der Waals surface area contributed by atoms with Crippen LogP contribution in [-0.2, 0) is 9.53 Å². The minimum atomic E-state index is -0.729. The summed E-state index contributed by atoms with van der Waals surface area (Å²) < 4.78 is 4.81. The summed E-state index contributed by atoms with van der Waals surface area (Å²) in [5.74, 6) is -0.286. The minimum Gasteiger partial charge on any atom is -0.469 e. The van der Waals surface area contributed by atoms with Gasteiger partial charge in [-0.05, 0) is 38.8 Å². The smallest absolute Gasteiger partial charge is 0.313 e. The Kier molecular flexibility index (Phi) is 3.94. The number of aryl methyl sites for hydroxylation is 2. The molecule has 0 heterocycles. The number of rotatable bonds is 3. The van der Waals surface area contributed by atoms with Crippen LogP contribution in [0, 0.1) is 19.3 Å². The lowest BCUT2D eigenvalue weighted by Crippen LogP contribution is -2.37. The molecule has 17 heavy (non-hydrogen) atoms. The lowest BCUT2D eigenvalue weighted by molar-refractivity contribution is -0.152. The van der Waals surface area contributed by atoms with Gasteiger partial charge >= 0.3 is 5.97 Å². The first-order valence-corrected chi connectivity index (χ1v) is 5.72. The number of carbonyl (C=O) groups is 1. The molecular weight excluding hydrogens is 214 g/mol. The zero-order chi connectivity index (χ0) is 13.2. The molecule has 1 atom stereocenters. The van der Waals surface area contributed by atoms with Gasteiger partial charge in [0.1, 0.15) is 0 Å². The van der Waals surface area contributed by atoms with Gasteiger partial charge in [-0.25, -0.2) is 0 Å². The van der Waals surface area contributed by atoms with E-state index >= 15 is 0 Å². The van der Waals surface area contributed by atoms with Crippen molar-refractivity contribution < 1.29 is 9.53 Å². The molecule has 1 rings (SSSR count). The number of nitrogens with two attached hydrogens (primary N) is 1. The molecule has 0 spiro atoms. The molecule has 3 nitrogen and oxygen atoms in total. The maximum Gasteiger partial charge on any atom is 0.313 e. The molecule has 0 bridgehead atoms. The number of hydrogen-bond acceptors (Lipinski definition) is 3. The van der Waals surface area contributed by atoms with E-state index in [2.05, 4.69) is 0 Å². The average molecular weight is 235 g/mol. The van der Waals surface area contributed by atoms with E-state index in [-0.39, 0.29) is 12.0 Å². The molecule has 0 radical (unpaired) electrons. The lowest BCUT2D eigenvalue weighted by atomic mass is 9.79. The second-order valence-electron chi connectivity index (χ2n) is 5.05. The van der Waals surface area contributed by atoms with Crippen molar-refractivity contribution in [1.29, 1.82) is 0 Å². The molecule has 1 aromatic rings. The van der Waals surface area contributed by atoms with Crippen LogP contribution in [-0.4, -0.2) is 13.1 Å². The van der Waals surface area contributed by atoms with Crippen LogP contribution < -0.4 is 5.73 Å². The first-order chi connectivity index (χ1) is 7.80. The maximum absolute atomic E-state index is 11.7. The highest BCUT2D eigenvalue weighted by atomic mass is 16.5. The van der Waals surface area contributed by atoms with Gasteiger partial charge in [-0.2, -0.15) is 0 Å². The third kappa shape index (κ3) is 2.67. The Morgan fingerprint density at radius 2 is 1.94 bits per heavy atom. The van der Waals surface area contributed by atoms with Crippen molar-refractivity contribution in [2.75, 3.05) is 7.11 Å². The summed E-state index contributed by atoms with van der Waals surface area (Å²) in [7, 11) is 1.39. The van der Waals surface area contributed by atoms with Gasteiger partial charge in [-0.3, -0.25) is 4.79 Å². The van der Waals surface area contributed by atoms with Crippen molar-refractivity contribution in [2.45, 2.75) is 33.7 Å². The highest BCUT2D eigenvalue weighted by Crippen LogP contribution is 2.34. The number of esters is 1. The topological polar surface area (TPSA) is 52.3 Å². The van der Waals surface area contributed by atoms with E-state index < -0.39 is 5.41 Å². The average Bonchev–Trinajstić information content (AvgIpc) is 2.30. The van der Waals surface area contributed by atoms with Gasteiger partial charge in [0.15, 0.2) is 0 Å². The summed E-state index contributed by atoms with van der Waals surface area (Å²) in [4.78, 5) is 11.7. The largest absolute Gasteiger partial charge is 0.469 e. The standard InChI is InChI=1S/C14H21NO2/c1-9-6-7-10(2)11(8-9)12(15)14(3,4)13(16)17-5/h6-8,12H,15H2,1-5H3/t12-/m1/s1. The summed E-state index contributed by atoms with van der Waals surface area (Å²) in [5.41, 5.74) is 8.73. The molecule has 0 amide bonds. The van der Waals surface area contributed by atoms with Gasteiger partial charge in [-0.15, -0.1) is 0 Å². The van der Waals surface area contributed by atoms with Crippen molar-refractivity contribution >= 4 is 5.97 Å². The molecular formula is C14H21NO2. The zero-order valence-corrected chi connectivity index (χ0v) is 11.2. The van der Waals surface area contributed by atoms with Gasteiger partial charge in [0, 0.05) is 6.04 Å². The fourth-order valence-electron chi connectivity index (χ4n) is 1.87. The van der Waals surface area contributed by atoms with Crippen LogP contribution in [0.5, 0.6) is 0 Å². The molecule has 2 N–H and O–H groups in total. The number of ether oxygens (including phenoxy) is 1. The molecule has 0 aliphatic carbocycles. The Morgan fingerprint density at radius 3 is 2.47 bits per heavy atom. The second-order valence-corrected chi connectivity index (χ2v) is 5.05. The van der Waals surface area contributed by atoms with Gasteiger partial charge in [-0.1, -0.05) is 23.8 Å². The van der Waals surface area contributed by atoms with E-state index in [0.29, 0.717) is 0 Å². The number of benzene rings is 1. The van der Waals surface area contributed by atoms with Gasteiger partial charge in [0.25, 0.3) is 0 Å². The Balaban J connectivity index is 3.15. The Bertz CT molecular complexity index is 424. The van der Waals surface area contributed by atoms with Crippen molar-refractivity contribution in [2.24, 2.45) is 11.1 Å². The highest BCUT2D eigenvalue weighted by Gasteiger charge is 2.37. The molecule has 0 fully saturated rings. The van der Waals surface area contributed by atoms with Crippen LogP contribution in [0.15, 0.2) is 18.2 Å². The molecule has 0 aromatic heterocycles. The first-order valence-electron chi connectivity index (χ1n) is 5.72. The first kappa shape index (κ1) is 13.7. The molecule has 0 aliphatic rings. The Labute approximate surface area is 103 Å². The second kappa shape index (κ2) is 4.88. The summed E-state index contributed by atoms with van der Waals surface area (Å²) in [6.07, 6.45) is 0. The van der Waals surface area contributed by atoms with E-state index in [1.807, 2.05) is 45.9 Å². The Morgan fingerprint density at radius 1 is 1.35 bits per heavy atom. The molecule has 94 valence electrons. The van der Waals surface area contributed by atoms with Gasteiger partial charge in [0.2, 0.25) is 0 Å². The van der Waals surface area contributed by atoms with E-state index in [4.69, 9.17) is 10.5 Å². The van der Waals surface area contributed by atoms with Gasteiger partial charge < -0.3 is 10.5 Å². The monoisotopic (exact) mass is 235 g/mol. The van der Waals surface area contributed by atoms with E-state index in [0.717, 1.165) is 16.7 Å². The fraction of sp³-hybridized carbons (Fsp3) is 0.500. The third-order valence-corrected chi connectivity index (χ3v) is 3.26. The Hall–Kier alpha value is -1.35. The summed E-state index contributed by atoms with van der Waals surface area (Å²) in [5, 5.41) is 0. The van der Waals surface area contributed by atoms with E-state index in [9.17, 15) is 4.79 Å². The quantitative estimate of drug-likeness (QED) is 0.819. The van der Waals surface area contributed by atoms with Crippen molar-refractivity contribution in [1.82, 2.24) is 0 Å². The molecule has 0 unspecified atom stereocenters. The molecule has 0 saturated heterocycles. The summed E-state index contributed by atoms with van der Waals surface area (Å²) >= 11 is 0. The minimum absolute atomic E-state index is 0.286. The lowest BCUT2D eigenvalue weighted by Gasteiger charge is -2.30. The van der Waals surface area contributed by atoms with Crippen LogP contribution in [0.3, 0.4) is 0 Å². The number of carbonyl (C=O) groups excluding carboxylic acids is 1. The SMILES string of the molecule is COC(=O)C(C)(C)[C@H](N)c1cc(C)ccc1C. The summed E-state index contributed by atoms with van der Waals surface area (Å²) in [6, 6.07) is 5.73. The maximum atomic E-state index is 11.7. The van der Waals surface area contributed by atoms with Crippen molar-refractivity contribution in [3.8, 4) is 0 Å². The number of methoxy groups -OCH3 is 1. The summed E-state index contributed by atoms with van der Waals surface area (Å²) in [6.45, 7) is 7.64. The molecule has 3 heteroatoms. The molecule has 0 saturated carbocycles. The highest BCUT2D eigenvalue weighted by molar-refractivity contribution is 5.77. The fourth-order valence-corrected chi connectivity index (χ4v) is 1.87. The van der Waals surface area contributed by atoms with Crippen LogP contribution in [0.1, 0.15) is 36.6 Å². The molecule has 0 aliphatic heterocycles. The van der Waals surface area contributed by atoms with Crippen LogP contribution >= 0.6 is 0 Å². The van der Waals surface area contributed by atoms with Crippen LogP contribution in [0.4, 0.5) is 0 Å². The number of hydrogen-bond donors (Lipinski definition) is 1. The van der Waals surface area contributed by atoms with E-state index in [1.54, 1.807) is 0 Å². The molecule has 1 aromatic carbocycles. The normalized spacial score (nSPS) is 13.3. The van der Waals surface area contributed by atoms with Crippen LogP contribution in [0.25, 0.3) is 0 Å².